The summed E-state index contributed by atoms with van der Waals surface area (Å²) in [7, 11) is 0. The highest BCUT2D eigenvalue weighted by Gasteiger charge is 2.11. The molecule has 4 rings (SSSR count). The van der Waals surface area contributed by atoms with Gasteiger partial charge in [0.05, 0.1) is 22.0 Å². The Kier molecular flexibility index (Phi) is 5.10. The number of amides is 1. The quantitative estimate of drug-likeness (QED) is 0.355. The van der Waals surface area contributed by atoms with Crippen LogP contribution in [0, 0.1) is 0 Å². The first-order chi connectivity index (χ1) is 13.6. The Hall–Kier alpha value is -3.15. The van der Waals surface area contributed by atoms with Crippen LogP contribution in [0.15, 0.2) is 71.8 Å². The topological polar surface area (TPSA) is 70.1 Å². The van der Waals surface area contributed by atoms with Crippen LogP contribution in [0.25, 0.3) is 22.0 Å². The molecule has 2 N–H and O–H groups in total. The molecule has 0 atom stereocenters. The molecule has 0 saturated heterocycles. The van der Waals surface area contributed by atoms with Crippen molar-refractivity contribution in [2.45, 2.75) is 0 Å². The molecule has 0 aliphatic carbocycles. The van der Waals surface area contributed by atoms with Crippen molar-refractivity contribution in [1.82, 2.24) is 15.6 Å². The Balaban J connectivity index is 1.49. The number of carbonyl (C=O) groups excluding carboxylic acids is 1. The predicted octanol–water partition coefficient (Wildman–Crippen LogP) is 5.30. The van der Waals surface area contributed by atoms with Crippen LogP contribution in [0.1, 0.15) is 16.1 Å². The molecule has 7 heteroatoms. The normalized spacial score (nSPS) is 11.2. The lowest BCUT2D eigenvalue weighted by molar-refractivity contribution is 0.0950. The maximum absolute atomic E-state index is 12.3. The number of benzene rings is 3. The zero-order chi connectivity index (χ0) is 19.5. The van der Waals surface area contributed by atoms with Crippen LogP contribution in [0.3, 0.4) is 0 Å². The molecular weight excluding hydrogens is 395 g/mol. The second-order valence-corrected chi connectivity index (χ2v) is 6.86. The Morgan fingerprint density at radius 3 is 2.68 bits per heavy atom. The van der Waals surface area contributed by atoms with E-state index in [4.69, 9.17) is 23.2 Å². The predicted molar refractivity (Wildman–Crippen MR) is 113 cm³/mol. The standard InChI is InChI=1S/C21H14Cl2N4O/c22-17-7-3-6-16(20(17)23)12-24-27-21(28)19-11-18(25-26-19)15-9-8-13-4-1-2-5-14(13)10-15/h1-12H,(H,25,26)(H,27,28)/b24-12-. The van der Waals surface area contributed by atoms with E-state index in [-0.39, 0.29) is 0 Å². The molecule has 0 radical (unpaired) electrons. The Labute approximate surface area is 171 Å². The molecule has 0 unspecified atom stereocenters. The van der Waals surface area contributed by atoms with Gasteiger partial charge in [0.2, 0.25) is 0 Å². The minimum atomic E-state index is -0.408. The fraction of sp³-hybridized carbons (Fsp3) is 0. The van der Waals surface area contributed by atoms with Gasteiger partial charge in [0.15, 0.2) is 0 Å². The Bertz CT molecular complexity index is 1200. The Morgan fingerprint density at radius 1 is 1.00 bits per heavy atom. The molecule has 0 spiro atoms. The third-order valence-corrected chi connectivity index (χ3v) is 5.05. The van der Waals surface area contributed by atoms with Gasteiger partial charge in [0.25, 0.3) is 5.91 Å². The molecule has 1 aromatic heterocycles. The number of H-pyrrole nitrogens is 1. The van der Waals surface area contributed by atoms with Gasteiger partial charge < -0.3 is 0 Å². The van der Waals surface area contributed by atoms with Gasteiger partial charge in [-0.1, -0.05) is 71.7 Å². The lowest BCUT2D eigenvalue weighted by Crippen LogP contribution is -2.18. The third-order valence-electron chi connectivity index (χ3n) is 4.22. The number of fused-ring (bicyclic) bond motifs is 1. The highest BCUT2D eigenvalue weighted by molar-refractivity contribution is 6.43. The summed E-state index contributed by atoms with van der Waals surface area (Å²) in [5.41, 5.74) is 4.95. The van der Waals surface area contributed by atoms with Crippen LogP contribution in [0.4, 0.5) is 0 Å². The first-order valence-electron chi connectivity index (χ1n) is 8.44. The zero-order valence-electron chi connectivity index (χ0n) is 14.5. The lowest BCUT2D eigenvalue weighted by Gasteiger charge is -2.00. The van der Waals surface area contributed by atoms with Crippen molar-refractivity contribution >= 4 is 46.1 Å². The molecule has 138 valence electrons. The first-order valence-corrected chi connectivity index (χ1v) is 9.19. The number of aromatic nitrogens is 2. The van der Waals surface area contributed by atoms with Crippen molar-refractivity contribution in [3.63, 3.8) is 0 Å². The monoisotopic (exact) mass is 408 g/mol. The first kappa shape index (κ1) is 18.2. The maximum atomic E-state index is 12.3. The number of aromatic amines is 1. The van der Waals surface area contributed by atoms with Gasteiger partial charge in [0.1, 0.15) is 5.69 Å². The summed E-state index contributed by atoms with van der Waals surface area (Å²) in [6.07, 6.45) is 1.44. The molecule has 4 aromatic rings. The SMILES string of the molecule is O=C(N/N=C\c1cccc(Cl)c1Cl)c1cc(-c2ccc3ccccc3c2)n[nH]1. The molecule has 1 amide bonds. The summed E-state index contributed by atoms with van der Waals surface area (Å²) in [6, 6.07) is 21.0. The third kappa shape index (κ3) is 3.76. The van der Waals surface area contributed by atoms with E-state index in [0.29, 0.717) is 27.0 Å². The van der Waals surface area contributed by atoms with Gasteiger partial charge in [0, 0.05) is 11.1 Å². The van der Waals surface area contributed by atoms with Gasteiger partial charge in [-0.3, -0.25) is 9.89 Å². The Morgan fingerprint density at radius 2 is 1.82 bits per heavy atom. The van der Waals surface area contributed by atoms with Crippen molar-refractivity contribution in [2.75, 3.05) is 0 Å². The number of carbonyl (C=O) groups is 1. The van der Waals surface area contributed by atoms with Crippen molar-refractivity contribution < 1.29 is 4.79 Å². The van der Waals surface area contributed by atoms with Crippen molar-refractivity contribution in [3.05, 3.63) is 88.0 Å². The molecule has 3 aromatic carbocycles. The average molecular weight is 409 g/mol. The van der Waals surface area contributed by atoms with Crippen molar-refractivity contribution in [2.24, 2.45) is 5.10 Å². The zero-order valence-corrected chi connectivity index (χ0v) is 16.0. The van der Waals surface area contributed by atoms with E-state index in [2.05, 4.69) is 20.7 Å². The molecular formula is C21H14Cl2N4O. The van der Waals surface area contributed by atoms with Crippen LogP contribution in [0.5, 0.6) is 0 Å². The summed E-state index contributed by atoms with van der Waals surface area (Å²) in [5.74, 6) is -0.408. The second-order valence-electron chi connectivity index (χ2n) is 6.07. The summed E-state index contributed by atoms with van der Waals surface area (Å²) in [6.45, 7) is 0. The number of halogens is 2. The van der Waals surface area contributed by atoms with Crippen molar-refractivity contribution in [1.29, 1.82) is 0 Å². The van der Waals surface area contributed by atoms with Crippen molar-refractivity contribution in [3.8, 4) is 11.3 Å². The summed E-state index contributed by atoms with van der Waals surface area (Å²) >= 11 is 12.0. The lowest BCUT2D eigenvalue weighted by atomic mass is 10.1. The second kappa shape index (κ2) is 7.84. The number of hydrazone groups is 1. The smallest absolute Gasteiger partial charge is 0.272 e. The molecule has 0 bridgehead atoms. The van der Waals surface area contributed by atoms with E-state index in [1.54, 1.807) is 24.3 Å². The summed E-state index contributed by atoms with van der Waals surface area (Å²) in [4.78, 5) is 12.3. The van der Waals surface area contributed by atoms with E-state index in [1.807, 2.05) is 42.5 Å². The molecule has 28 heavy (non-hydrogen) atoms. The molecule has 0 saturated carbocycles. The molecule has 5 nitrogen and oxygen atoms in total. The van der Waals surface area contributed by atoms with Gasteiger partial charge in [-0.25, -0.2) is 5.43 Å². The van der Waals surface area contributed by atoms with Crippen LogP contribution in [-0.2, 0) is 0 Å². The maximum Gasteiger partial charge on any atom is 0.289 e. The number of nitrogens with zero attached hydrogens (tertiary/aromatic N) is 2. The number of hydrogen-bond donors (Lipinski definition) is 2. The average Bonchev–Trinajstić information content (AvgIpc) is 3.21. The number of hydrogen-bond acceptors (Lipinski definition) is 3. The summed E-state index contributed by atoms with van der Waals surface area (Å²) in [5, 5.41) is 13.9. The van der Waals surface area contributed by atoms with Crippen LogP contribution >= 0.6 is 23.2 Å². The van der Waals surface area contributed by atoms with Gasteiger partial charge >= 0.3 is 0 Å². The molecule has 1 heterocycles. The van der Waals surface area contributed by atoms with Gasteiger partial charge in [-0.2, -0.15) is 10.2 Å². The van der Waals surface area contributed by atoms with E-state index in [1.165, 1.54) is 6.21 Å². The highest BCUT2D eigenvalue weighted by atomic mass is 35.5. The molecule has 0 fully saturated rings. The largest absolute Gasteiger partial charge is 0.289 e. The molecule has 0 aliphatic rings. The van der Waals surface area contributed by atoms with Gasteiger partial charge in [-0.05, 0) is 29.0 Å². The van der Waals surface area contributed by atoms with Gasteiger partial charge in [-0.15, -0.1) is 0 Å². The number of nitrogens with one attached hydrogen (secondary N) is 2. The number of rotatable bonds is 4. The summed E-state index contributed by atoms with van der Waals surface area (Å²) < 4.78 is 0. The fourth-order valence-corrected chi connectivity index (χ4v) is 3.13. The van der Waals surface area contributed by atoms with E-state index in [9.17, 15) is 4.79 Å². The fourth-order valence-electron chi connectivity index (χ4n) is 2.78. The van der Waals surface area contributed by atoms with Crippen LogP contribution < -0.4 is 5.43 Å². The minimum Gasteiger partial charge on any atom is -0.272 e. The highest BCUT2D eigenvalue weighted by Crippen LogP contribution is 2.25. The minimum absolute atomic E-state index is 0.303. The van der Waals surface area contributed by atoms with E-state index in [0.717, 1.165) is 16.3 Å². The van der Waals surface area contributed by atoms with Crippen LogP contribution in [-0.4, -0.2) is 22.3 Å². The molecule has 0 aliphatic heterocycles. The van der Waals surface area contributed by atoms with E-state index >= 15 is 0 Å². The van der Waals surface area contributed by atoms with E-state index < -0.39 is 5.91 Å². The van der Waals surface area contributed by atoms with Crippen LogP contribution in [0.2, 0.25) is 10.0 Å².